The second-order valence-corrected chi connectivity index (χ2v) is 11.4. The van der Waals surface area contributed by atoms with Gasteiger partial charge in [-0.15, -0.1) is 0 Å². The van der Waals surface area contributed by atoms with Gasteiger partial charge in [0.15, 0.2) is 0 Å². The molecule has 1 fully saturated rings. The van der Waals surface area contributed by atoms with Crippen LogP contribution in [-0.4, -0.2) is 48.3 Å². The highest BCUT2D eigenvalue weighted by molar-refractivity contribution is 7.89. The van der Waals surface area contributed by atoms with E-state index in [0.29, 0.717) is 6.54 Å². The smallest absolute Gasteiger partial charge is 0.428 e. The van der Waals surface area contributed by atoms with E-state index < -0.39 is 17.1 Å². The third kappa shape index (κ3) is 4.49. The van der Waals surface area contributed by atoms with Gasteiger partial charge in [0.25, 0.3) is 0 Å². The van der Waals surface area contributed by atoms with Crippen LogP contribution in [0.5, 0.6) is 0 Å². The predicted octanol–water partition coefficient (Wildman–Crippen LogP) is 1.91. The molecule has 7 nitrogen and oxygen atoms in total. The van der Waals surface area contributed by atoms with Crippen LogP contribution >= 0.6 is 0 Å². The van der Waals surface area contributed by atoms with E-state index in [9.17, 15) is 13.4 Å². The number of allylic oxidation sites excluding steroid dienone is 1. The first-order chi connectivity index (χ1) is 15.9. The molecule has 0 saturated heterocycles. The molecular formula is C24H29BN4O3S. The van der Waals surface area contributed by atoms with Crippen molar-refractivity contribution in [3.05, 3.63) is 65.0 Å². The summed E-state index contributed by atoms with van der Waals surface area (Å²) in [7, 11) is -2.51. The fraction of sp³-hybridized carbons (Fsp3) is 0.417. The summed E-state index contributed by atoms with van der Waals surface area (Å²) >= 11 is 0. The highest BCUT2D eigenvalue weighted by Gasteiger charge is 2.36. The molecule has 33 heavy (non-hydrogen) atoms. The Morgan fingerprint density at radius 1 is 1.18 bits per heavy atom. The Morgan fingerprint density at radius 2 is 1.94 bits per heavy atom. The molecule has 0 atom stereocenters. The zero-order valence-corrected chi connectivity index (χ0v) is 19.6. The molecule has 0 spiro atoms. The maximum Gasteiger partial charge on any atom is 0.465 e. The molecule has 2 N–H and O–H groups in total. The van der Waals surface area contributed by atoms with Crippen molar-refractivity contribution >= 4 is 34.3 Å². The molecule has 172 valence electrons. The second-order valence-electron chi connectivity index (χ2n) is 9.32. The van der Waals surface area contributed by atoms with Crippen molar-refractivity contribution in [2.75, 3.05) is 12.8 Å². The molecule has 1 aliphatic heterocycles. The SMILES string of the molecule is CN(Cc1ccccc1)S(=O)(=O)CC1CCC(C2=NNB(O)c3cnc4c(c32)C=CC4)CC1. The van der Waals surface area contributed by atoms with Gasteiger partial charge in [0.1, 0.15) is 0 Å². The van der Waals surface area contributed by atoms with Crippen LogP contribution in [0.25, 0.3) is 6.08 Å². The van der Waals surface area contributed by atoms with Crippen molar-refractivity contribution in [2.45, 2.75) is 38.6 Å². The Hall–Kier alpha value is -2.49. The summed E-state index contributed by atoms with van der Waals surface area (Å²) in [5.74, 6) is 0.575. The number of aromatic nitrogens is 1. The third-order valence-corrected chi connectivity index (χ3v) is 9.06. The number of fused-ring (bicyclic) bond motifs is 3. The summed E-state index contributed by atoms with van der Waals surface area (Å²) in [6.45, 7) is 0.396. The van der Waals surface area contributed by atoms with E-state index >= 15 is 0 Å². The van der Waals surface area contributed by atoms with Crippen molar-refractivity contribution < 1.29 is 13.4 Å². The highest BCUT2D eigenvalue weighted by atomic mass is 32.2. The number of sulfonamides is 1. The first kappa shape index (κ1) is 22.3. The van der Waals surface area contributed by atoms with Gasteiger partial charge in [0.05, 0.1) is 17.2 Å². The summed E-state index contributed by atoms with van der Waals surface area (Å²) in [5.41, 5.74) is 5.85. The number of rotatable bonds is 6. The number of hydrogen-bond donors (Lipinski definition) is 2. The van der Waals surface area contributed by atoms with E-state index in [2.05, 4.69) is 27.6 Å². The van der Waals surface area contributed by atoms with Gasteiger partial charge >= 0.3 is 7.05 Å². The van der Waals surface area contributed by atoms with E-state index in [1.807, 2.05) is 30.3 Å². The molecule has 1 aromatic heterocycles. The van der Waals surface area contributed by atoms with Crippen LogP contribution in [0, 0.1) is 11.8 Å². The first-order valence-corrected chi connectivity index (χ1v) is 13.2. The molecule has 0 amide bonds. The summed E-state index contributed by atoms with van der Waals surface area (Å²) in [5, 5.41) is 17.8. The van der Waals surface area contributed by atoms with E-state index in [1.54, 1.807) is 13.2 Å². The number of benzene rings is 1. The van der Waals surface area contributed by atoms with Crippen molar-refractivity contribution in [3.63, 3.8) is 0 Å². The van der Waals surface area contributed by atoms with Gasteiger partial charge < -0.3 is 10.4 Å². The fourth-order valence-corrected chi connectivity index (χ4v) is 6.75. The van der Waals surface area contributed by atoms with Gasteiger partial charge in [-0.05, 0) is 37.2 Å². The lowest BCUT2D eigenvalue weighted by Gasteiger charge is -2.33. The first-order valence-electron chi connectivity index (χ1n) is 11.6. The van der Waals surface area contributed by atoms with Gasteiger partial charge in [0.2, 0.25) is 10.0 Å². The summed E-state index contributed by atoms with van der Waals surface area (Å²) in [4.78, 5) is 4.51. The molecule has 2 aromatic rings. The lowest BCUT2D eigenvalue weighted by molar-refractivity contribution is 0.338. The number of hydrazone groups is 1. The fourth-order valence-electron chi connectivity index (χ4n) is 5.22. The maximum absolute atomic E-state index is 13.0. The molecule has 5 rings (SSSR count). The summed E-state index contributed by atoms with van der Waals surface area (Å²) in [6, 6.07) is 9.69. The predicted molar refractivity (Wildman–Crippen MR) is 131 cm³/mol. The summed E-state index contributed by atoms with van der Waals surface area (Å²) in [6.07, 6.45) is 10.2. The van der Waals surface area contributed by atoms with E-state index in [4.69, 9.17) is 0 Å². The van der Waals surface area contributed by atoms with Crippen LogP contribution in [0.3, 0.4) is 0 Å². The van der Waals surface area contributed by atoms with Crippen LogP contribution in [0.15, 0.2) is 47.7 Å². The zero-order valence-electron chi connectivity index (χ0n) is 18.8. The Labute approximate surface area is 195 Å². The number of pyridine rings is 1. The van der Waals surface area contributed by atoms with Crippen LogP contribution < -0.4 is 10.8 Å². The summed E-state index contributed by atoms with van der Waals surface area (Å²) < 4.78 is 27.4. The standard InChI is InChI=1S/C24H29BN4O3S/c1-29(15-17-6-3-2-4-7-17)33(31,32)16-18-10-12-19(13-11-18)24-23-20-8-5-9-22(20)26-14-21(23)25(30)28-27-24/h2-8,14,18-19,28,30H,9-13,15-16H2,1H3. The molecule has 9 heteroatoms. The Bertz CT molecular complexity index is 1190. The van der Waals surface area contributed by atoms with E-state index in [1.165, 1.54) is 4.31 Å². The Balaban J connectivity index is 1.25. The topological polar surface area (TPSA) is 94.9 Å². The number of hydrogen-bond acceptors (Lipinski definition) is 6. The maximum atomic E-state index is 13.0. The Kier molecular flexibility index (Phi) is 6.11. The average Bonchev–Trinajstić information content (AvgIpc) is 3.30. The normalized spacial score (nSPS) is 22.0. The van der Waals surface area contributed by atoms with Crippen LogP contribution in [0.2, 0.25) is 0 Å². The largest absolute Gasteiger partial charge is 0.465 e. The van der Waals surface area contributed by atoms with E-state index in [-0.39, 0.29) is 17.6 Å². The average molecular weight is 464 g/mol. The highest BCUT2D eigenvalue weighted by Crippen LogP contribution is 2.34. The van der Waals surface area contributed by atoms with Crippen LogP contribution in [0.1, 0.15) is 48.1 Å². The molecule has 0 radical (unpaired) electrons. The lowest BCUT2D eigenvalue weighted by Crippen LogP contribution is -2.51. The third-order valence-electron chi connectivity index (χ3n) is 7.08. The van der Waals surface area contributed by atoms with Crippen molar-refractivity contribution in [2.24, 2.45) is 16.9 Å². The minimum Gasteiger partial charge on any atom is -0.428 e. The molecule has 0 unspecified atom stereocenters. The van der Waals surface area contributed by atoms with Crippen molar-refractivity contribution in [1.29, 1.82) is 0 Å². The minimum atomic E-state index is -3.32. The second kappa shape index (κ2) is 9.04. The van der Waals surface area contributed by atoms with Gasteiger partial charge in [0, 0.05) is 48.7 Å². The monoisotopic (exact) mass is 464 g/mol. The van der Waals surface area contributed by atoms with Crippen LogP contribution in [-0.2, 0) is 23.0 Å². The van der Waals surface area contributed by atoms with Gasteiger partial charge in [-0.25, -0.2) is 12.7 Å². The van der Waals surface area contributed by atoms with Crippen LogP contribution in [0.4, 0.5) is 0 Å². The molecule has 3 aliphatic rings. The molecule has 2 aliphatic carbocycles. The minimum absolute atomic E-state index is 0.148. The molecular weight excluding hydrogens is 435 g/mol. The van der Waals surface area contributed by atoms with Crippen molar-refractivity contribution in [3.8, 4) is 0 Å². The quantitative estimate of drug-likeness (QED) is 0.637. The van der Waals surface area contributed by atoms with Crippen molar-refractivity contribution in [1.82, 2.24) is 14.6 Å². The number of nitrogens with zero attached hydrogens (tertiary/aromatic N) is 3. The molecule has 2 heterocycles. The molecule has 1 saturated carbocycles. The molecule has 1 aromatic carbocycles. The van der Waals surface area contributed by atoms with E-state index in [0.717, 1.165) is 65.7 Å². The molecule has 0 bridgehead atoms. The van der Waals surface area contributed by atoms with Gasteiger partial charge in [-0.3, -0.25) is 4.98 Å². The number of nitrogens with one attached hydrogen (secondary N) is 1. The Morgan fingerprint density at radius 3 is 2.70 bits per heavy atom. The lowest BCUT2D eigenvalue weighted by atomic mass is 9.67. The zero-order chi connectivity index (χ0) is 23.0. The van der Waals surface area contributed by atoms with Gasteiger partial charge in [-0.1, -0.05) is 42.5 Å². The van der Waals surface area contributed by atoms with Gasteiger partial charge in [-0.2, -0.15) is 5.10 Å².